The fraction of sp³-hybridized carbons (Fsp3) is 0.444. The molecule has 0 unspecified atom stereocenters. The Hall–Kier alpha value is -1.90. The van der Waals surface area contributed by atoms with E-state index in [1.807, 2.05) is 0 Å². The average molecular weight is 281 g/mol. The predicted octanol–water partition coefficient (Wildman–Crippen LogP) is 4.07. The van der Waals surface area contributed by atoms with Crippen molar-refractivity contribution >= 4 is 5.82 Å². The summed E-state index contributed by atoms with van der Waals surface area (Å²) in [4.78, 5) is 9.71. The number of hydrogen-bond acceptors (Lipinski definition) is 3. The standard InChI is InChI=1S/C18H23N3/c1-4-11-19-17-14-9-6-10-15(14)20-18(21-17)16-12(2)7-5-8-13(16)3/h5,7-8H,4,6,9-11H2,1-3H3,(H,19,20,21). The van der Waals surface area contributed by atoms with Gasteiger partial charge in [0.1, 0.15) is 5.82 Å². The van der Waals surface area contributed by atoms with E-state index in [9.17, 15) is 0 Å². The molecule has 0 radical (unpaired) electrons. The van der Waals surface area contributed by atoms with Crippen LogP contribution in [0.1, 0.15) is 42.1 Å². The Labute approximate surface area is 126 Å². The molecular formula is C18H23N3. The van der Waals surface area contributed by atoms with Crippen LogP contribution in [0.3, 0.4) is 0 Å². The number of fused-ring (bicyclic) bond motifs is 1. The molecule has 0 aliphatic heterocycles. The van der Waals surface area contributed by atoms with Crippen LogP contribution >= 0.6 is 0 Å². The Kier molecular flexibility index (Phi) is 3.91. The van der Waals surface area contributed by atoms with Gasteiger partial charge in [0, 0.05) is 23.4 Å². The molecular weight excluding hydrogens is 258 g/mol. The van der Waals surface area contributed by atoms with E-state index in [0.29, 0.717) is 0 Å². The van der Waals surface area contributed by atoms with Gasteiger partial charge in [-0.25, -0.2) is 9.97 Å². The molecule has 21 heavy (non-hydrogen) atoms. The van der Waals surface area contributed by atoms with Crippen LogP contribution in [0.2, 0.25) is 0 Å². The molecule has 1 aromatic heterocycles. The maximum Gasteiger partial charge on any atom is 0.162 e. The number of aromatic nitrogens is 2. The second kappa shape index (κ2) is 5.84. The molecule has 3 heteroatoms. The van der Waals surface area contributed by atoms with Crippen LogP contribution < -0.4 is 5.32 Å². The molecule has 1 aliphatic rings. The van der Waals surface area contributed by atoms with Crippen molar-refractivity contribution < 1.29 is 0 Å². The fourth-order valence-corrected chi connectivity index (χ4v) is 3.10. The molecule has 1 aromatic carbocycles. The minimum absolute atomic E-state index is 0.879. The normalized spacial score (nSPS) is 13.3. The Balaban J connectivity index is 2.11. The Morgan fingerprint density at radius 1 is 1.10 bits per heavy atom. The van der Waals surface area contributed by atoms with E-state index in [1.165, 1.54) is 34.4 Å². The third-order valence-corrected chi connectivity index (χ3v) is 4.18. The molecule has 0 saturated carbocycles. The summed E-state index contributed by atoms with van der Waals surface area (Å²) in [5.74, 6) is 1.93. The zero-order valence-corrected chi connectivity index (χ0v) is 13.2. The number of benzene rings is 1. The van der Waals surface area contributed by atoms with Gasteiger partial charge in [0.15, 0.2) is 5.82 Å². The van der Waals surface area contributed by atoms with Gasteiger partial charge < -0.3 is 5.32 Å². The second-order valence-electron chi connectivity index (χ2n) is 5.87. The van der Waals surface area contributed by atoms with Gasteiger partial charge in [-0.1, -0.05) is 25.1 Å². The lowest BCUT2D eigenvalue weighted by Gasteiger charge is -2.14. The van der Waals surface area contributed by atoms with Gasteiger partial charge in [-0.3, -0.25) is 0 Å². The topological polar surface area (TPSA) is 37.8 Å². The molecule has 0 bridgehead atoms. The third kappa shape index (κ3) is 2.65. The summed E-state index contributed by atoms with van der Waals surface area (Å²) in [6, 6.07) is 6.37. The van der Waals surface area contributed by atoms with E-state index in [0.717, 1.165) is 37.4 Å². The highest BCUT2D eigenvalue weighted by molar-refractivity contribution is 5.67. The molecule has 1 N–H and O–H groups in total. The highest BCUT2D eigenvalue weighted by Gasteiger charge is 2.20. The number of aryl methyl sites for hydroxylation is 3. The molecule has 3 nitrogen and oxygen atoms in total. The molecule has 0 spiro atoms. The Morgan fingerprint density at radius 3 is 2.57 bits per heavy atom. The number of nitrogens with one attached hydrogen (secondary N) is 1. The van der Waals surface area contributed by atoms with Crippen LogP contribution in [-0.4, -0.2) is 16.5 Å². The first-order valence-electron chi connectivity index (χ1n) is 7.91. The molecule has 0 fully saturated rings. The second-order valence-corrected chi connectivity index (χ2v) is 5.87. The third-order valence-electron chi connectivity index (χ3n) is 4.18. The summed E-state index contributed by atoms with van der Waals surface area (Å²) in [5.41, 5.74) is 6.25. The molecule has 110 valence electrons. The lowest BCUT2D eigenvalue weighted by Crippen LogP contribution is -2.08. The Bertz CT molecular complexity index is 642. The summed E-state index contributed by atoms with van der Waals surface area (Å²) in [6.07, 6.45) is 4.49. The van der Waals surface area contributed by atoms with E-state index in [-0.39, 0.29) is 0 Å². The van der Waals surface area contributed by atoms with E-state index in [2.05, 4.69) is 44.3 Å². The molecule has 1 aliphatic carbocycles. The first-order valence-corrected chi connectivity index (χ1v) is 7.91. The van der Waals surface area contributed by atoms with Gasteiger partial charge in [0.25, 0.3) is 0 Å². The zero-order chi connectivity index (χ0) is 14.8. The average Bonchev–Trinajstić information content (AvgIpc) is 2.93. The van der Waals surface area contributed by atoms with Crippen molar-refractivity contribution in [2.24, 2.45) is 0 Å². The van der Waals surface area contributed by atoms with Crippen LogP contribution in [-0.2, 0) is 12.8 Å². The van der Waals surface area contributed by atoms with Crippen LogP contribution in [0.25, 0.3) is 11.4 Å². The molecule has 3 rings (SSSR count). The molecule has 2 aromatic rings. The van der Waals surface area contributed by atoms with E-state index >= 15 is 0 Å². The highest BCUT2D eigenvalue weighted by Crippen LogP contribution is 2.31. The monoisotopic (exact) mass is 281 g/mol. The minimum Gasteiger partial charge on any atom is -0.370 e. The lowest BCUT2D eigenvalue weighted by atomic mass is 10.0. The molecule has 0 saturated heterocycles. The summed E-state index contributed by atoms with van der Waals surface area (Å²) < 4.78 is 0. The molecule has 0 amide bonds. The zero-order valence-electron chi connectivity index (χ0n) is 13.2. The van der Waals surface area contributed by atoms with E-state index in [1.54, 1.807) is 0 Å². The summed E-state index contributed by atoms with van der Waals surface area (Å²) in [7, 11) is 0. The summed E-state index contributed by atoms with van der Waals surface area (Å²) >= 11 is 0. The van der Waals surface area contributed by atoms with Gasteiger partial charge in [-0.05, 0) is 50.7 Å². The van der Waals surface area contributed by atoms with Gasteiger partial charge >= 0.3 is 0 Å². The van der Waals surface area contributed by atoms with Gasteiger partial charge in [-0.2, -0.15) is 0 Å². The largest absolute Gasteiger partial charge is 0.370 e. The Morgan fingerprint density at radius 2 is 1.86 bits per heavy atom. The first-order chi connectivity index (χ1) is 10.2. The van der Waals surface area contributed by atoms with Gasteiger partial charge in [0.05, 0.1) is 0 Å². The molecule has 1 heterocycles. The van der Waals surface area contributed by atoms with Crippen LogP contribution in [0.5, 0.6) is 0 Å². The van der Waals surface area contributed by atoms with Crippen LogP contribution in [0.15, 0.2) is 18.2 Å². The van der Waals surface area contributed by atoms with E-state index < -0.39 is 0 Å². The van der Waals surface area contributed by atoms with Crippen molar-refractivity contribution in [2.45, 2.75) is 46.5 Å². The number of anilines is 1. The lowest BCUT2D eigenvalue weighted by molar-refractivity contribution is 0.899. The SMILES string of the molecule is CCCNc1nc(-c2c(C)cccc2C)nc2c1CCC2. The van der Waals surface area contributed by atoms with Crippen molar-refractivity contribution in [3.63, 3.8) is 0 Å². The van der Waals surface area contributed by atoms with Gasteiger partial charge in [0.2, 0.25) is 0 Å². The fourth-order valence-electron chi connectivity index (χ4n) is 3.10. The summed E-state index contributed by atoms with van der Waals surface area (Å²) in [6.45, 7) is 7.42. The predicted molar refractivity (Wildman–Crippen MR) is 87.7 cm³/mol. The van der Waals surface area contributed by atoms with Crippen molar-refractivity contribution in [1.29, 1.82) is 0 Å². The molecule has 0 atom stereocenters. The van der Waals surface area contributed by atoms with Crippen LogP contribution in [0, 0.1) is 13.8 Å². The minimum atomic E-state index is 0.879. The number of nitrogens with zero attached hydrogens (tertiary/aromatic N) is 2. The highest BCUT2D eigenvalue weighted by atomic mass is 15.0. The number of hydrogen-bond donors (Lipinski definition) is 1. The summed E-state index contributed by atoms with van der Waals surface area (Å²) in [5, 5.41) is 3.49. The number of rotatable bonds is 4. The smallest absolute Gasteiger partial charge is 0.162 e. The van der Waals surface area contributed by atoms with Crippen molar-refractivity contribution in [3.8, 4) is 11.4 Å². The maximum absolute atomic E-state index is 4.86. The van der Waals surface area contributed by atoms with Crippen molar-refractivity contribution in [2.75, 3.05) is 11.9 Å². The van der Waals surface area contributed by atoms with Crippen LogP contribution in [0.4, 0.5) is 5.82 Å². The maximum atomic E-state index is 4.86. The quantitative estimate of drug-likeness (QED) is 0.918. The first kappa shape index (κ1) is 14.1. The van der Waals surface area contributed by atoms with E-state index in [4.69, 9.17) is 9.97 Å². The van der Waals surface area contributed by atoms with Crippen molar-refractivity contribution in [3.05, 3.63) is 40.6 Å². The van der Waals surface area contributed by atoms with Gasteiger partial charge in [-0.15, -0.1) is 0 Å². The van der Waals surface area contributed by atoms with Crippen molar-refractivity contribution in [1.82, 2.24) is 9.97 Å².